The zero-order chi connectivity index (χ0) is 10.5. The van der Waals surface area contributed by atoms with Crippen LogP contribution in [-0.4, -0.2) is 22.4 Å². The molecule has 1 nitrogen and oxygen atoms in total. The molecule has 0 unspecified atom stereocenters. The minimum Gasteiger partial charge on any atom is -0.636 e. The number of hydrogen-bond donors (Lipinski definition) is 1. The molecule has 2 rings (SSSR count). The molecular formula is C12H12OSi2-. The lowest BCUT2D eigenvalue weighted by molar-refractivity contribution is 0.620. The Balaban J connectivity index is 2.34. The van der Waals surface area contributed by atoms with Crippen molar-refractivity contribution >= 4 is 28.0 Å². The van der Waals surface area contributed by atoms with Crippen LogP contribution >= 0.6 is 0 Å². The van der Waals surface area contributed by atoms with Crippen LogP contribution < -0.4 is 10.4 Å². The first-order valence-electron chi connectivity index (χ1n) is 4.91. The maximum atomic E-state index is 9.52. The zero-order valence-electron chi connectivity index (χ0n) is 8.30. The molecule has 0 spiro atoms. The molecule has 0 aliphatic rings. The maximum Gasteiger partial charge on any atom is -0.0467 e. The summed E-state index contributed by atoms with van der Waals surface area (Å²) in [4.78, 5) is 9.52. The van der Waals surface area contributed by atoms with E-state index in [1.165, 1.54) is 10.4 Å². The molecule has 0 aromatic heterocycles. The Morgan fingerprint density at radius 3 is 1.47 bits per heavy atom. The van der Waals surface area contributed by atoms with Crippen molar-refractivity contribution in [3.8, 4) is 0 Å². The Kier molecular flexibility index (Phi) is 3.50. The molecule has 0 aliphatic carbocycles. The summed E-state index contributed by atoms with van der Waals surface area (Å²) in [5.41, 5.74) is 0. The highest BCUT2D eigenvalue weighted by molar-refractivity contribution is 7.23. The third-order valence-electron chi connectivity index (χ3n) is 2.39. The smallest absolute Gasteiger partial charge is 0.0467 e. The van der Waals surface area contributed by atoms with Gasteiger partial charge >= 0.3 is 0 Å². The van der Waals surface area contributed by atoms with Crippen LogP contribution in [-0.2, 0) is 0 Å². The first kappa shape index (κ1) is 10.4. The molecule has 75 valence electrons. The Morgan fingerprint density at radius 2 is 1.13 bits per heavy atom. The minimum atomic E-state index is -1.35. The summed E-state index contributed by atoms with van der Waals surface area (Å²) in [7, 11) is -1.30. The lowest BCUT2D eigenvalue weighted by atomic mass is 10.4. The summed E-state index contributed by atoms with van der Waals surface area (Å²) in [5.74, 6) is 0. The molecule has 0 atom stereocenters. The Morgan fingerprint density at radius 1 is 0.733 bits per heavy atom. The van der Waals surface area contributed by atoms with Gasteiger partial charge in [0.05, 0.1) is 0 Å². The molecule has 0 fully saturated rings. The zero-order valence-corrected chi connectivity index (χ0v) is 10.5. The van der Waals surface area contributed by atoms with Crippen LogP contribution in [0.15, 0.2) is 60.7 Å². The molecule has 0 bridgehead atoms. The molecule has 15 heavy (non-hydrogen) atoms. The summed E-state index contributed by atoms with van der Waals surface area (Å²) >= 11 is 0. The van der Waals surface area contributed by atoms with Gasteiger partial charge in [0.1, 0.15) is 0 Å². The Bertz CT molecular complexity index is 363. The van der Waals surface area contributed by atoms with E-state index in [1.54, 1.807) is 0 Å². The SMILES string of the molecule is O[Si-][SiH](c1ccccc1)c1ccccc1. The van der Waals surface area contributed by atoms with Gasteiger partial charge in [-0.2, -0.15) is 0 Å². The van der Waals surface area contributed by atoms with Crippen LogP contribution in [0.5, 0.6) is 0 Å². The van der Waals surface area contributed by atoms with E-state index in [1.807, 2.05) is 36.4 Å². The van der Waals surface area contributed by atoms with E-state index < -0.39 is 8.31 Å². The van der Waals surface area contributed by atoms with Crippen LogP contribution in [0.25, 0.3) is 0 Å². The van der Waals surface area contributed by atoms with Crippen molar-refractivity contribution in [3.05, 3.63) is 60.7 Å². The highest BCUT2D eigenvalue weighted by Crippen LogP contribution is 1.90. The topological polar surface area (TPSA) is 20.2 Å². The van der Waals surface area contributed by atoms with Crippen molar-refractivity contribution in [2.24, 2.45) is 0 Å². The normalized spacial score (nSPS) is 10.5. The summed E-state index contributed by atoms with van der Waals surface area (Å²) in [6.07, 6.45) is 0. The van der Waals surface area contributed by atoms with Gasteiger partial charge in [0.15, 0.2) is 0 Å². The van der Waals surface area contributed by atoms with Gasteiger partial charge in [-0.1, -0.05) is 71.0 Å². The largest absolute Gasteiger partial charge is 0.636 e. The van der Waals surface area contributed by atoms with Gasteiger partial charge in [0.2, 0.25) is 0 Å². The molecule has 0 amide bonds. The lowest BCUT2D eigenvalue weighted by Gasteiger charge is -2.23. The standard InChI is InChI=1S/C12H12OSi2/c13-14-15(11-7-3-1-4-8-11)12-9-5-2-6-10-12/h1-10,13,15H/q-1. The second-order valence-corrected chi connectivity index (χ2v) is 8.35. The van der Waals surface area contributed by atoms with Gasteiger partial charge in [-0.3, -0.25) is 9.28 Å². The van der Waals surface area contributed by atoms with Crippen molar-refractivity contribution < 1.29 is 4.80 Å². The van der Waals surface area contributed by atoms with Gasteiger partial charge in [-0.05, 0) is 8.31 Å². The Labute approximate surface area is 93.7 Å². The van der Waals surface area contributed by atoms with Crippen molar-refractivity contribution in [1.29, 1.82) is 0 Å². The summed E-state index contributed by atoms with van der Waals surface area (Å²) in [6, 6.07) is 20.7. The molecule has 3 heteroatoms. The summed E-state index contributed by atoms with van der Waals surface area (Å²) < 4.78 is 0. The second-order valence-electron chi connectivity index (χ2n) is 3.38. The molecule has 1 N–H and O–H groups in total. The third-order valence-corrected chi connectivity index (χ3v) is 7.53. The van der Waals surface area contributed by atoms with E-state index >= 15 is 0 Å². The summed E-state index contributed by atoms with van der Waals surface area (Å²) in [5, 5.41) is 2.62. The quantitative estimate of drug-likeness (QED) is 0.741. The first-order valence-corrected chi connectivity index (χ1v) is 8.82. The molecule has 1 radical (unpaired) electrons. The monoisotopic (exact) mass is 228 g/mol. The van der Waals surface area contributed by atoms with Crippen molar-refractivity contribution in [1.82, 2.24) is 0 Å². The highest BCUT2D eigenvalue weighted by Gasteiger charge is 2.03. The first-order chi connectivity index (χ1) is 7.42. The van der Waals surface area contributed by atoms with Crippen LogP contribution in [0.2, 0.25) is 0 Å². The predicted octanol–water partition coefficient (Wildman–Crippen LogP) is 0.136. The average molecular weight is 228 g/mol. The molecule has 0 aliphatic heterocycles. The van der Waals surface area contributed by atoms with Gasteiger partial charge in [0, 0.05) is 0 Å². The van der Waals surface area contributed by atoms with Gasteiger partial charge in [0.25, 0.3) is 0 Å². The average Bonchev–Trinajstić information content (AvgIpc) is 2.33. The number of rotatable bonds is 3. The third kappa shape index (κ3) is 2.44. The van der Waals surface area contributed by atoms with E-state index in [0.717, 1.165) is 0 Å². The summed E-state index contributed by atoms with van der Waals surface area (Å²) in [6.45, 7) is 0. The number of hydrogen-bond acceptors (Lipinski definition) is 1. The molecular weight excluding hydrogens is 216 g/mol. The van der Waals surface area contributed by atoms with Gasteiger partial charge in [-0.25, -0.2) is 0 Å². The fourth-order valence-electron chi connectivity index (χ4n) is 1.63. The fraction of sp³-hybridized carbons (Fsp3) is 0. The van der Waals surface area contributed by atoms with E-state index in [0.29, 0.717) is 0 Å². The number of benzene rings is 2. The van der Waals surface area contributed by atoms with Gasteiger partial charge < -0.3 is 4.80 Å². The van der Waals surface area contributed by atoms with Crippen molar-refractivity contribution in [2.75, 3.05) is 0 Å². The second kappa shape index (κ2) is 5.07. The van der Waals surface area contributed by atoms with Crippen LogP contribution in [0, 0.1) is 0 Å². The van der Waals surface area contributed by atoms with E-state index in [9.17, 15) is 4.80 Å². The minimum absolute atomic E-state index is 0.0427. The molecule has 2 aromatic rings. The van der Waals surface area contributed by atoms with Crippen molar-refractivity contribution in [3.63, 3.8) is 0 Å². The van der Waals surface area contributed by atoms with E-state index in [-0.39, 0.29) is 9.28 Å². The van der Waals surface area contributed by atoms with E-state index in [2.05, 4.69) is 24.3 Å². The highest BCUT2D eigenvalue weighted by atomic mass is 29.2. The lowest BCUT2D eigenvalue weighted by Crippen LogP contribution is -2.47. The van der Waals surface area contributed by atoms with E-state index in [4.69, 9.17) is 0 Å². The fourth-order valence-corrected chi connectivity index (χ4v) is 5.58. The maximum absolute atomic E-state index is 9.52. The molecule has 2 aromatic carbocycles. The van der Waals surface area contributed by atoms with Crippen molar-refractivity contribution in [2.45, 2.75) is 0 Å². The molecule has 0 heterocycles. The Hall–Kier alpha value is -1.17. The molecule has 0 saturated carbocycles. The van der Waals surface area contributed by atoms with Crippen LogP contribution in [0.4, 0.5) is 0 Å². The molecule has 0 saturated heterocycles. The van der Waals surface area contributed by atoms with Crippen LogP contribution in [0.3, 0.4) is 0 Å². The van der Waals surface area contributed by atoms with Gasteiger partial charge in [-0.15, -0.1) is 0 Å². The van der Waals surface area contributed by atoms with Crippen LogP contribution in [0.1, 0.15) is 0 Å². The predicted molar refractivity (Wildman–Crippen MR) is 67.3 cm³/mol.